The van der Waals surface area contributed by atoms with Crippen LogP contribution >= 0.6 is 0 Å². The number of benzene rings is 2. The first-order valence-corrected chi connectivity index (χ1v) is 10.2. The van der Waals surface area contributed by atoms with Gasteiger partial charge in [-0.2, -0.15) is 0 Å². The molecule has 27 heavy (non-hydrogen) atoms. The molecule has 2 atom stereocenters. The van der Waals surface area contributed by atoms with E-state index in [1.54, 1.807) is 0 Å². The fourth-order valence-electron chi connectivity index (χ4n) is 4.10. The van der Waals surface area contributed by atoms with Crippen molar-refractivity contribution in [3.8, 4) is 5.75 Å². The monoisotopic (exact) mass is 369 g/mol. The van der Waals surface area contributed by atoms with Gasteiger partial charge < -0.3 is 14.8 Å². The molecule has 0 spiro atoms. The van der Waals surface area contributed by atoms with Gasteiger partial charge in [0, 0.05) is 23.1 Å². The Balaban J connectivity index is 1.91. The van der Waals surface area contributed by atoms with E-state index in [-0.39, 0.29) is 5.91 Å². The number of ether oxygens (including phenoxy) is 2. The molecule has 146 valence electrons. The SMILES string of the molecule is CCCO[C@@]1(C(=O)Nc2ccc(OCC)c3ccccc23)CCC[C@@H](C)C1. The number of rotatable bonds is 7. The highest BCUT2D eigenvalue weighted by Gasteiger charge is 2.42. The molecule has 4 heteroatoms. The fraction of sp³-hybridized carbons (Fsp3) is 0.522. The number of hydrogen-bond acceptors (Lipinski definition) is 3. The van der Waals surface area contributed by atoms with Gasteiger partial charge in [-0.3, -0.25) is 4.79 Å². The van der Waals surface area contributed by atoms with Crippen LogP contribution in [-0.2, 0) is 9.53 Å². The van der Waals surface area contributed by atoms with Crippen molar-refractivity contribution in [1.29, 1.82) is 0 Å². The van der Waals surface area contributed by atoms with Crippen molar-refractivity contribution in [2.45, 2.75) is 58.5 Å². The molecule has 1 N–H and O–H groups in total. The van der Waals surface area contributed by atoms with Crippen LogP contribution in [0.2, 0.25) is 0 Å². The van der Waals surface area contributed by atoms with Gasteiger partial charge >= 0.3 is 0 Å². The second kappa shape index (κ2) is 8.75. The molecule has 3 rings (SSSR count). The highest BCUT2D eigenvalue weighted by molar-refractivity contribution is 6.06. The molecule has 0 saturated heterocycles. The predicted molar refractivity (Wildman–Crippen MR) is 110 cm³/mol. The Labute approximate surface area is 162 Å². The molecular weight excluding hydrogens is 338 g/mol. The van der Waals surface area contributed by atoms with E-state index < -0.39 is 5.60 Å². The quantitative estimate of drug-likeness (QED) is 0.696. The summed E-state index contributed by atoms with van der Waals surface area (Å²) in [6.45, 7) is 7.50. The zero-order chi connectivity index (χ0) is 19.3. The van der Waals surface area contributed by atoms with E-state index in [1.807, 2.05) is 43.3 Å². The molecular formula is C23H31NO3. The predicted octanol–water partition coefficient (Wildman–Crippen LogP) is 5.55. The summed E-state index contributed by atoms with van der Waals surface area (Å²) in [4.78, 5) is 13.3. The van der Waals surface area contributed by atoms with E-state index in [0.717, 1.165) is 54.3 Å². The lowest BCUT2D eigenvalue weighted by Crippen LogP contribution is -2.48. The van der Waals surface area contributed by atoms with E-state index >= 15 is 0 Å². The van der Waals surface area contributed by atoms with Crippen LogP contribution in [0.15, 0.2) is 36.4 Å². The Morgan fingerprint density at radius 2 is 1.96 bits per heavy atom. The van der Waals surface area contributed by atoms with E-state index in [2.05, 4.69) is 19.2 Å². The minimum Gasteiger partial charge on any atom is -0.493 e. The lowest BCUT2D eigenvalue weighted by Gasteiger charge is -2.38. The van der Waals surface area contributed by atoms with Crippen LogP contribution in [0.25, 0.3) is 10.8 Å². The first-order valence-electron chi connectivity index (χ1n) is 10.2. The van der Waals surface area contributed by atoms with E-state index in [9.17, 15) is 4.79 Å². The Hall–Kier alpha value is -2.07. The van der Waals surface area contributed by atoms with Crippen LogP contribution in [0.3, 0.4) is 0 Å². The summed E-state index contributed by atoms with van der Waals surface area (Å²) in [7, 11) is 0. The van der Waals surface area contributed by atoms with Gasteiger partial charge in [0.1, 0.15) is 11.4 Å². The molecule has 1 aliphatic rings. The largest absolute Gasteiger partial charge is 0.493 e. The summed E-state index contributed by atoms with van der Waals surface area (Å²) in [5, 5.41) is 5.18. The van der Waals surface area contributed by atoms with Gasteiger partial charge in [0.05, 0.1) is 6.61 Å². The summed E-state index contributed by atoms with van der Waals surface area (Å²) < 4.78 is 11.9. The molecule has 0 unspecified atom stereocenters. The molecule has 1 aliphatic carbocycles. The summed E-state index contributed by atoms with van der Waals surface area (Å²) >= 11 is 0. The van der Waals surface area contributed by atoms with Crippen LogP contribution in [-0.4, -0.2) is 24.7 Å². The third-order valence-electron chi connectivity index (χ3n) is 5.38. The number of fused-ring (bicyclic) bond motifs is 1. The summed E-state index contributed by atoms with van der Waals surface area (Å²) in [5.74, 6) is 1.32. The Bertz CT molecular complexity index is 788. The average molecular weight is 370 g/mol. The summed E-state index contributed by atoms with van der Waals surface area (Å²) in [6.07, 6.45) is 4.68. The second-order valence-electron chi connectivity index (χ2n) is 7.59. The minimum atomic E-state index is -0.715. The highest BCUT2D eigenvalue weighted by atomic mass is 16.5. The van der Waals surface area contributed by atoms with Gasteiger partial charge in [0.15, 0.2) is 0 Å². The lowest BCUT2D eigenvalue weighted by molar-refractivity contribution is -0.148. The molecule has 2 aromatic rings. The maximum absolute atomic E-state index is 13.3. The number of anilines is 1. The zero-order valence-electron chi connectivity index (χ0n) is 16.7. The Kier molecular flexibility index (Phi) is 6.38. The van der Waals surface area contributed by atoms with E-state index in [0.29, 0.717) is 19.1 Å². The summed E-state index contributed by atoms with van der Waals surface area (Å²) in [5.41, 5.74) is 0.102. The number of carbonyl (C=O) groups excluding carboxylic acids is 1. The molecule has 2 aromatic carbocycles. The number of carbonyl (C=O) groups is 1. The topological polar surface area (TPSA) is 47.6 Å². The molecule has 0 aliphatic heterocycles. The molecule has 4 nitrogen and oxygen atoms in total. The first-order chi connectivity index (χ1) is 13.1. The number of nitrogens with one attached hydrogen (secondary N) is 1. The molecule has 0 radical (unpaired) electrons. The van der Waals surface area contributed by atoms with Crippen LogP contribution in [0.1, 0.15) is 52.9 Å². The van der Waals surface area contributed by atoms with Crippen molar-refractivity contribution < 1.29 is 14.3 Å². The molecule has 1 saturated carbocycles. The maximum atomic E-state index is 13.3. The molecule has 0 bridgehead atoms. The zero-order valence-corrected chi connectivity index (χ0v) is 16.7. The van der Waals surface area contributed by atoms with Gasteiger partial charge in [-0.25, -0.2) is 0 Å². The third kappa shape index (κ3) is 4.27. The van der Waals surface area contributed by atoms with Crippen LogP contribution < -0.4 is 10.1 Å². The van der Waals surface area contributed by atoms with E-state index in [4.69, 9.17) is 9.47 Å². The van der Waals surface area contributed by atoms with Gasteiger partial charge in [-0.1, -0.05) is 44.5 Å². The van der Waals surface area contributed by atoms with Crippen molar-refractivity contribution in [2.24, 2.45) is 5.92 Å². The van der Waals surface area contributed by atoms with Crippen molar-refractivity contribution in [1.82, 2.24) is 0 Å². The maximum Gasteiger partial charge on any atom is 0.256 e. The third-order valence-corrected chi connectivity index (χ3v) is 5.38. The van der Waals surface area contributed by atoms with Crippen molar-refractivity contribution in [3.05, 3.63) is 36.4 Å². The fourth-order valence-corrected chi connectivity index (χ4v) is 4.10. The average Bonchev–Trinajstić information content (AvgIpc) is 2.68. The standard InChI is InChI=1S/C23H31NO3/c1-4-15-27-23(14-8-9-17(3)16-23)22(25)24-20-12-13-21(26-5-2)19-11-7-6-10-18(19)20/h6-7,10-13,17H,4-5,8-9,14-16H2,1-3H3,(H,24,25)/t17-,23+/m1/s1. The van der Waals surface area contributed by atoms with Gasteiger partial charge in [0.2, 0.25) is 0 Å². The lowest BCUT2D eigenvalue weighted by atomic mass is 9.78. The Morgan fingerprint density at radius 3 is 2.67 bits per heavy atom. The molecule has 1 amide bonds. The molecule has 0 aromatic heterocycles. The van der Waals surface area contributed by atoms with Crippen LogP contribution in [0, 0.1) is 5.92 Å². The normalized spacial score (nSPS) is 22.6. The van der Waals surface area contributed by atoms with E-state index in [1.165, 1.54) is 0 Å². The minimum absolute atomic E-state index is 0.0168. The first kappa shape index (κ1) is 19.7. The summed E-state index contributed by atoms with van der Waals surface area (Å²) in [6, 6.07) is 11.9. The number of hydrogen-bond donors (Lipinski definition) is 1. The molecule has 1 fully saturated rings. The van der Waals surface area contributed by atoms with Crippen molar-refractivity contribution >= 4 is 22.4 Å². The number of amides is 1. The van der Waals surface area contributed by atoms with Crippen molar-refractivity contribution in [2.75, 3.05) is 18.5 Å². The smallest absolute Gasteiger partial charge is 0.256 e. The van der Waals surface area contributed by atoms with Gasteiger partial charge in [0.25, 0.3) is 5.91 Å². The van der Waals surface area contributed by atoms with Gasteiger partial charge in [-0.05, 0) is 50.7 Å². The van der Waals surface area contributed by atoms with Crippen LogP contribution in [0.5, 0.6) is 5.75 Å². The highest BCUT2D eigenvalue weighted by Crippen LogP contribution is 2.38. The Morgan fingerprint density at radius 1 is 1.19 bits per heavy atom. The van der Waals surface area contributed by atoms with Crippen LogP contribution in [0.4, 0.5) is 5.69 Å². The second-order valence-corrected chi connectivity index (χ2v) is 7.59. The van der Waals surface area contributed by atoms with Gasteiger partial charge in [-0.15, -0.1) is 0 Å². The van der Waals surface area contributed by atoms with Crippen molar-refractivity contribution in [3.63, 3.8) is 0 Å². The molecule has 0 heterocycles.